The topological polar surface area (TPSA) is 26.0 Å². The molecule has 0 aromatic heterocycles. The van der Waals surface area contributed by atoms with Crippen LogP contribution >= 0.6 is 0 Å². The smallest absolute Gasteiger partial charge is 0.128 e. The Labute approximate surface area is 96.9 Å². The largest absolute Gasteiger partial charge is 0.324 e. The third-order valence-corrected chi connectivity index (χ3v) is 3.84. The van der Waals surface area contributed by atoms with Gasteiger partial charge in [-0.1, -0.05) is 19.9 Å². The van der Waals surface area contributed by atoms with Gasteiger partial charge in [0.25, 0.3) is 0 Å². The van der Waals surface area contributed by atoms with Crippen molar-refractivity contribution in [2.24, 2.45) is 17.1 Å². The van der Waals surface area contributed by atoms with Crippen molar-refractivity contribution in [1.29, 1.82) is 0 Å². The normalized spacial score (nSPS) is 24.2. The van der Waals surface area contributed by atoms with Crippen LogP contribution in [0.25, 0.3) is 0 Å². The van der Waals surface area contributed by atoms with E-state index in [4.69, 9.17) is 5.73 Å². The first-order chi connectivity index (χ1) is 7.33. The van der Waals surface area contributed by atoms with Crippen molar-refractivity contribution in [3.63, 3.8) is 0 Å². The standard InChI is InChI=1S/C14H20FN/c1-8-5-9(2)12(11(15)6-8)13(16)10-7-14(10,3)4/h5-6,10,13H,7,16H2,1-4H3. The van der Waals surface area contributed by atoms with E-state index in [0.29, 0.717) is 11.5 Å². The molecular weight excluding hydrogens is 201 g/mol. The van der Waals surface area contributed by atoms with Crippen LogP contribution < -0.4 is 5.73 Å². The lowest BCUT2D eigenvalue weighted by molar-refractivity contribution is 0.472. The molecular formula is C14H20FN. The van der Waals surface area contributed by atoms with Crippen LogP contribution in [0.1, 0.15) is 43.0 Å². The molecule has 0 saturated heterocycles. The molecule has 1 aliphatic rings. The van der Waals surface area contributed by atoms with Gasteiger partial charge in [-0.05, 0) is 48.8 Å². The van der Waals surface area contributed by atoms with E-state index in [1.54, 1.807) is 6.07 Å². The number of halogens is 1. The minimum Gasteiger partial charge on any atom is -0.324 e. The lowest BCUT2D eigenvalue weighted by Gasteiger charge is -2.18. The van der Waals surface area contributed by atoms with Crippen molar-refractivity contribution in [2.45, 2.75) is 40.2 Å². The Hall–Kier alpha value is -0.890. The molecule has 2 rings (SSSR count). The van der Waals surface area contributed by atoms with Gasteiger partial charge in [-0.3, -0.25) is 0 Å². The van der Waals surface area contributed by atoms with Crippen molar-refractivity contribution in [3.8, 4) is 0 Å². The Morgan fingerprint density at radius 2 is 1.94 bits per heavy atom. The van der Waals surface area contributed by atoms with E-state index in [0.717, 1.165) is 17.5 Å². The van der Waals surface area contributed by atoms with E-state index in [1.807, 2.05) is 19.9 Å². The number of aryl methyl sites for hydroxylation is 2. The van der Waals surface area contributed by atoms with Crippen molar-refractivity contribution in [2.75, 3.05) is 0 Å². The second kappa shape index (κ2) is 3.56. The summed E-state index contributed by atoms with van der Waals surface area (Å²) in [4.78, 5) is 0. The van der Waals surface area contributed by atoms with Gasteiger partial charge in [0.05, 0.1) is 0 Å². The van der Waals surface area contributed by atoms with Gasteiger partial charge in [-0.25, -0.2) is 4.39 Å². The summed E-state index contributed by atoms with van der Waals surface area (Å²) in [5, 5.41) is 0. The second-order valence-corrected chi connectivity index (χ2v) is 5.80. The minimum absolute atomic E-state index is 0.146. The molecule has 16 heavy (non-hydrogen) atoms. The van der Waals surface area contributed by atoms with Gasteiger partial charge in [0, 0.05) is 11.6 Å². The summed E-state index contributed by atoms with van der Waals surface area (Å²) in [6.07, 6.45) is 1.10. The first kappa shape index (κ1) is 11.6. The first-order valence-electron chi connectivity index (χ1n) is 5.85. The molecule has 1 aromatic carbocycles. The molecule has 1 aliphatic carbocycles. The molecule has 1 saturated carbocycles. The van der Waals surface area contributed by atoms with Crippen LogP contribution in [-0.4, -0.2) is 0 Å². The maximum atomic E-state index is 13.9. The molecule has 2 unspecified atom stereocenters. The second-order valence-electron chi connectivity index (χ2n) is 5.80. The predicted molar refractivity (Wildman–Crippen MR) is 64.7 cm³/mol. The lowest BCUT2D eigenvalue weighted by atomic mass is 9.93. The fourth-order valence-corrected chi connectivity index (χ4v) is 2.67. The molecule has 88 valence electrons. The lowest BCUT2D eigenvalue weighted by Crippen LogP contribution is -2.18. The fraction of sp³-hybridized carbons (Fsp3) is 0.571. The van der Waals surface area contributed by atoms with Crippen molar-refractivity contribution >= 4 is 0 Å². The molecule has 1 nitrogen and oxygen atoms in total. The van der Waals surface area contributed by atoms with Gasteiger partial charge in [0.2, 0.25) is 0 Å². The third kappa shape index (κ3) is 1.86. The highest BCUT2D eigenvalue weighted by Crippen LogP contribution is 2.57. The van der Waals surface area contributed by atoms with Crippen molar-refractivity contribution in [1.82, 2.24) is 0 Å². The van der Waals surface area contributed by atoms with E-state index < -0.39 is 0 Å². The molecule has 0 amide bonds. The number of hydrogen-bond acceptors (Lipinski definition) is 1. The minimum atomic E-state index is -0.157. The van der Waals surface area contributed by atoms with E-state index in [9.17, 15) is 4.39 Å². The van der Waals surface area contributed by atoms with E-state index >= 15 is 0 Å². The average molecular weight is 221 g/mol. The highest BCUT2D eigenvalue weighted by Gasteiger charge is 2.50. The van der Waals surface area contributed by atoms with Crippen molar-refractivity contribution in [3.05, 3.63) is 34.6 Å². The summed E-state index contributed by atoms with van der Waals surface area (Å²) in [6, 6.07) is 3.43. The third-order valence-electron chi connectivity index (χ3n) is 3.84. The predicted octanol–water partition coefficient (Wildman–Crippen LogP) is 3.49. The Kier molecular flexibility index (Phi) is 2.58. The summed E-state index contributed by atoms with van der Waals surface area (Å²) in [5.41, 5.74) is 9.12. The van der Waals surface area contributed by atoms with Crippen LogP contribution in [0.2, 0.25) is 0 Å². The average Bonchev–Trinajstić information content (AvgIpc) is 2.73. The van der Waals surface area contributed by atoms with Crippen molar-refractivity contribution < 1.29 is 4.39 Å². The molecule has 0 spiro atoms. The summed E-state index contributed by atoms with van der Waals surface area (Å²) in [6.45, 7) is 8.24. The SMILES string of the molecule is Cc1cc(C)c(C(N)C2CC2(C)C)c(F)c1. The zero-order valence-corrected chi connectivity index (χ0v) is 10.5. The maximum Gasteiger partial charge on any atom is 0.128 e. The van der Waals surface area contributed by atoms with Gasteiger partial charge >= 0.3 is 0 Å². The number of nitrogens with two attached hydrogens (primary N) is 1. The number of benzene rings is 1. The fourth-order valence-electron chi connectivity index (χ4n) is 2.67. The Morgan fingerprint density at radius 3 is 2.38 bits per heavy atom. The van der Waals surface area contributed by atoms with E-state index in [2.05, 4.69) is 13.8 Å². The van der Waals surface area contributed by atoms with Gasteiger partial charge in [0.1, 0.15) is 5.82 Å². The quantitative estimate of drug-likeness (QED) is 0.812. The number of hydrogen-bond donors (Lipinski definition) is 1. The zero-order chi connectivity index (χ0) is 12.1. The van der Waals surface area contributed by atoms with Crippen LogP contribution in [-0.2, 0) is 0 Å². The molecule has 0 aliphatic heterocycles. The van der Waals surface area contributed by atoms with E-state index in [-0.39, 0.29) is 17.3 Å². The molecule has 0 heterocycles. The summed E-state index contributed by atoms with van der Waals surface area (Å²) in [5.74, 6) is 0.274. The van der Waals surface area contributed by atoms with Crippen LogP contribution in [0.5, 0.6) is 0 Å². The Balaban J connectivity index is 2.34. The summed E-state index contributed by atoms with van der Waals surface area (Å²) >= 11 is 0. The maximum absolute atomic E-state index is 13.9. The first-order valence-corrected chi connectivity index (χ1v) is 5.85. The highest BCUT2D eigenvalue weighted by molar-refractivity contribution is 5.35. The number of rotatable bonds is 2. The molecule has 2 atom stereocenters. The zero-order valence-electron chi connectivity index (χ0n) is 10.5. The van der Waals surface area contributed by atoms with Gasteiger partial charge in [-0.15, -0.1) is 0 Å². The van der Waals surface area contributed by atoms with Gasteiger partial charge in [0.15, 0.2) is 0 Å². The summed E-state index contributed by atoms with van der Waals surface area (Å²) in [7, 11) is 0. The van der Waals surface area contributed by atoms with Crippen LogP contribution in [0.4, 0.5) is 4.39 Å². The molecule has 1 aromatic rings. The molecule has 2 heteroatoms. The molecule has 1 fully saturated rings. The van der Waals surface area contributed by atoms with Gasteiger partial charge in [-0.2, -0.15) is 0 Å². The highest BCUT2D eigenvalue weighted by atomic mass is 19.1. The van der Waals surface area contributed by atoms with Gasteiger partial charge < -0.3 is 5.73 Å². The monoisotopic (exact) mass is 221 g/mol. The van der Waals surface area contributed by atoms with Crippen LogP contribution in [0.3, 0.4) is 0 Å². The van der Waals surface area contributed by atoms with E-state index in [1.165, 1.54) is 0 Å². The van der Waals surface area contributed by atoms with Crippen LogP contribution in [0, 0.1) is 31.0 Å². The Bertz CT molecular complexity index is 400. The van der Waals surface area contributed by atoms with Crippen LogP contribution in [0.15, 0.2) is 12.1 Å². The molecule has 0 radical (unpaired) electrons. The molecule has 0 bridgehead atoms. The summed E-state index contributed by atoms with van der Waals surface area (Å²) < 4.78 is 13.9. The molecule has 2 N–H and O–H groups in total. The Morgan fingerprint density at radius 1 is 1.38 bits per heavy atom.